The Bertz CT molecular complexity index is 546. The lowest BCUT2D eigenvalue weighted by Gasteiger charge is -2.25. The van der Waals surface area contributed by atoms with Crippen molar-refractivity contribution < 1.29 is 4.79 Å². The van der Waals surface area contributed by atoms with Crippen LogP contribution in [0.4, 0.5) is 0 Å². The molecule has 92 valence electrons. The summed E-state index contributed by atoms with van der Waals surface area (Å²) >= 11 is 1.56. The van der Waals surface area contributed by atoms with Crippen LogP contribution in [0.5, 0.6) is 0 Å². The molecule has 1 aliphatic heterocycles. The van der Waals surface area contributed by atoms with E-state index < -0.39 is 0 Å². The molecule has 1 aromatic carbocycles. The van der Waals surface area contributed by atoms with E-state index in [1.165, 1.54) is 0 Å². The molecule has 18 heavy (non-hydrogen) atoms. The Labute approximate surface area is 110 Å². The van der Waals surface area contributed by atoms with Gasteiger partial charge in [0.1, 0.15) is 5.01 Å². The third kappa shape index (κ3) is 2.35. The highest BCUT2D eigenvalue weighted by Gasteiger charge is 2.24. The number of Topliss-reactive ketones (excluding diaryl/α,β-unsaturated/α-hetero) is 1. The summed E-state index contributed by atoms with van der Waals surface area (Å²) in [5, 5.41) is 6.06. The van der Waals surface area contributed by atoms with E-state index in [1.807, 2.05) is 35.7 Å². The van der Waals surface area contributed by atoms with Crippen molar-refractivity contribution in [2.75, 3.05) is 6.54 Å². The lowest BCUT2D eigenvalue weighted by molar-refractivity contribution is -0.121. The molecule has 3 rings (SSSR count). The fourth-order valence-electron chi connectivity index (χ4n) is 1.97. The molecule has 0 saturated carbocycles. The van der Waals surface area contributed by atoms with Crippen LogP contribution in [0.15, 0.2) is 35.7 Å². The summed E-state index contributed by atoms with van der Waals surface area (Å²) in [5.74, 6) is 0.259. The van der Waals surface area contributed by atoms with Crippen molar-refractivity contribution in [1.82, 2.24) is 10.3 Å². The van der Waals surface area contributed by atoms with Gasteiger partial charge in [0.2, 0.25) is 0 Å². The SMILES string of the molecule is O=C(Cc1nc(-c2ccccc2)cs1)[C@@H]1CCN1. The molecule has 2 heterocycles. The van der Waals surface area contributed by atoms with E-state index in [1.54, 1.807) is 11.3 Å². The summed E-state index contributed by atoms with van der Waals surface area (Å²) in [6.45, 7) is 0.962. The smallest absolute Gasteiger partial charge is 0.156 e. The first-order valence-electron chi connectivity index (χ1n) is 6.09. The molecule has 1 aromatic heterocycles. The van der Waals surface area contributed by atoms with E-state index in [0.29, 0.717) is 6.42 Å². The second-order valence-corrected chi connectivity index (χ2v) is 5.37. The minimum atomic E-state index is 0.0640. The molecule has 0 radical (unpaired) electrons. The molecule has 0 aliphatic carbocycles. The Hall–Kier alpha value is -1.52. The second kappa shape index (κ2) is 5.00. The number of hydrogen-bond acceptors (Lipinski definition) is 4. The zero-order valence-electron chi connectivity index (χ0n) is 9.93. The number of hydrogen-bond donors (Lipinski definition) is 1. The fraction of sp³-hybridized carbons (Fsp3) is 0.286. The average Bonchev–Trinajstić information content (AvgIpc) is 2.76. The number of ketones is 1. The monoisotopic (exact) mass is 258 g/mol. The molecule has 0 bridgehead atoms. The van der Waals surface area contributed by atoms with Crippen LogP contribution in [0.3, 0.4) is 0 Å². The van der Waals surface area contributed by atoms with Crippen LogP contribution in [0.25, 0.3) is 11.3 Å². The minimum Gasteiger partial charge on any atom is -0.307 e. The van der Waals surface area contributed by atoms with Crippen molar-refractivity contribution in [1.29, 1.82) is 0 Å². The summed E-state index contributed by atoms with van der Waals surface area (Å²) in [7, 11) is 0. The van der Waals surface area contributed by atoms with Gasteiger partial charge in [-0.3, -0.25) is 4.79 Å². The number of aromatic nitrogens is 1. The van der Waals surface area contributed by atoms with Gasteiger partial charge >= 0.3 is 0 Å². The second-order valence-electron chi connectivity index (χ2n) is 4.43. The van der Waals surface area contributed by atoms with Gasteiger partial charge in [0.05, 0.1) is 18.2 Å². The number of carbonyl (C=O) groups excluding carboxylic acids is 1. The lowest BCUT2D eigenvalue weighted by atomic mass is 10.0. The molecule has 1 saturated heterocycles. The Morgan fingerprint density at radius 1 is 1.39 bits per heavy atom. The van der Waals surface area contributed by atoms with E-state index in [2.05, 4.69) is 10.3 Å². The molecule has 0 spiro atoms. The maximum atomic E-state index is 11.8. The summed E-state index contributed by atoms with van der Waals surface area (Å²) in [4.78, 5) is 16.4. The van der Waals surface area contributed by atoms with Gasteiger partial charge < -0.3 is 5.32 Å². The van der Waals surface area contributed by atoms with Gasteiger partial charge in [-0.2, -0.15) is 0 Å². The summed E-state index contributed by atoms with van der Waals surface area (Å²) in [6, 6.07) is 10.1. The molecular formula is C14H14N2OS. The van der Waals surface area contributed by atoms with Crippen LogP contribution in [0.2, 0.25) is 0 Å². The topological polar surface area (TPSA) is 42.0 Å². The zero-order chi connectivity index (χ0) is 12.4. The van der Waals surface area contributed by atoms with Gasteiger partial charge in [0.15, 0.2) is 5.78 Å². The minimum absolute atomic E-state index is 0.0640. The first-order chi connectivity index (χ1) is 8.83. The van der Waals surface area contributed by atoms with Crippen LogP contribution in [-0.2, 0) is 11.2 Å². The summed E-state index contributed by atoms with van der Waals surface area (Å²) in [6.07, 6.45) is 1.42. The fourth-order valence-corrected chi connectivity index (χ4v) is 2.78. The van der Waals surface area contributed by atoms with Crippen molar-refractivity contribution in [3.8, 4) is 11.3 Å². The standard InChI is InChI=1S/C14H14N2OS/c17-13(11-6-7-15-11)8-14-16-12(9-18-14)10-4-2-1-3-5-10/h1-5,9,11,15H,6-8H2/t11-/m0/s1. The average molecular weight is 258 g/mol. The van der Waals surface area contributed by atoms with Crippen LogP contribution >= 0.6 is 11.3 Å². The normalized spacial score (nSPS) is 18.3. The van der Waals surface area contributed by atoms with Crippen molar-refractivity contribution in [2.24, 2.45) is 0 Å². The predicted molar refractivity (Wildman–Crippen MR) is 72.7 cm³/mol. The molecule has 1 atom stereocenters. The van der Waals surface area contributed by atoms with Crippen LogP contribution in [-0.4, -0.2) is 23.4 Å². The van der Waals surface area contributed by atoms with E-state index in [-0.39, 0.29) is 11.8 Å². The quantitative estimate of drug-likeness (QED) is 0.915. The van der Waals surface area contributed by atoms with E-state index in [4.69, 9.17) is 0 Å². The predicted octanol–water partition coefficient (Wildman–Crippen LogP) is 2.28. The Morgan fingerprint density at radius 3 is 2.83 bits per heavy atom. The zero-order valence-corrected chi connectivity index (χ0v) is 10.7. The number of thiazole rings is 1. The van der Waals surface area contributed by atoms with Crippen molar-refractivity contribution in [3.05, 3.63) is 40.7 Å². The van der Waals surface area contributed by atoms with Gasteiger partial charge in [-0.05, 0) is 13.0 Å². The first-order valence-corrected chi connectivity index (χ1v) is 6.97. The molecule has 2 aromatic rings. The highest BCUT2D eigenvalue weighted by Crippen LogP contribution is 2.22. The number of nitrogens with zero attached hydrogens (tertiary/aromatic N) is 1. The van der Waals surface area contributed by atoms with E-state index in [9.17, 15) is 4.79 Å². The molecule has 0 amide bonds. The van der Waals surface area contributed by atoms with Crippen LogP contribution in [0.1, 0.15) is 11.4 Å². The van der Waals surface area contributed by atoms with Crippen molar-refractivity contribution in [2.45, 2.75) is 18.9 Å². The van der Waals surface area contributed by atoms with E-state index >= 15 is 0 Å². The Kier molecular flexibility index (Phi) is 3.21. The van der Waals surface area contributed by atoms with E-state index in [0.717, 1.165) is 29.2 Å². The number of carbonyl (C=O) groups is 1. The van der Waals surface area contributed by atoms with Crippen LogP contribution < -0.4 is 5.32 Å². The van der Waals surface area contributed by atoms with Crippen molar-refractivity contribution in [3.63, 3.8) is 0 Å². The molecule has 1 fully saturated rings. The summed E-state index contributed by atoms with van der Waals surface area (Å²) < 4.78 is 0. The van der Waals surface area contributed by atoms with Gasteiger partial charge in [-0.25, -0.2) is 4.98 Å². The first kappa shape index (κ1) is 11.6. The van der Waals surface area contributed by atoms with Gasteiger partial charge in [0, 0.05) is 10.9 Å². The Balaban J connectivity index is 1.71. The van der Waals surface area contributed by atoms with Crippen LogP contribution in [0, 0.1) is 0 Å². The largest absolute Gasteiger partial charge is 0.307 e. The number of nitrogens with one attached hydrogen (secondary N) is 1. The molecule has 1 N–H and O–H groups in total. The van der Waals surface area contributed by atoms with Gasteiger partial charge in [-0.15, -0.1) is 11.3 Å². The third-order valence-corrected chi connectivity index (χ3v) is 4.01. The highest BCUT2D eigenvalue weighted by molar-refractivity contribution is 7.10. The van der Waals surface area contributed by atoms with Crippen molar-refractivity contribution >= 4 is 17.1 Å². The molecule has 4 heteroatoms. The maximum Gasteiger partial charge on any atom is 0.156 e. The molecule has 0 unspecified atom stereocenters. The third-order valence-electron chi connectivity index (χ3n) is 3.16. The Morgan fingerprint density at radius 2 is 2.17 bits per heavy atom. The maximum absolute atomic E-state index is 11.8. The highest BCUT2D eigenvalue weighted by atomic mass is 32.1. The molecule has 3 nitrogen and oxygen atoms in total. The number of benzene rings is 1. The van der Waals surface area contributed by atoms with Gasteiger partial charge in [-0.1, -0.05) is 30.3 Å². The molecule has 1 aliphatic rings. The lowest BCUT2D eigenvalue weighted by Crippen LogP contribution is -2.49. The molecular weight excluding hydrogens is 244 g/mol. The number of rotatable bonds is 4. The summed E-state index contributed by atoms with van der Waals surface area (Å²) in [5.41, 5.74) is 2.07. The van der Waals surface area contributed by atoms with Gasteiger partial charge in [0.25, 0.3) is 0 Å².